The molecule has 9 heteroatoms. The van der Waals surface area contributed by atoms with E-state index in [1.807, 2.05) is 0 Å². The van der Waals surface area contributed by atoms with Crippen LogP contribution in [0.25, 0.3) is 0 Å². The minimum atomic E-state index is -1.30. The van der Waals surface area contributed by atoms with Crippen molar-refractivity contribution in [3.05, 3.63) is 53.9 Å². The summed E-state index contributed by atoms with van der Waals surface area (Å²) in [5.41, 5.74) is -0.0691. The van der Waals surface area contributed by atoms with Gasteiger partial charge in [-0.3, -0.25) is 19.5 Å². The van der Waals surface area contributed by atoms with Crippen LogP contribution in [0.3, 0.4) is 0 Å². The topological polar surface area (TPSA) is 110 Å². The molecule has 9 nitrogen and oxygen atoms in total. The number of hydrogen-bond donors (Lipinski definition) is 2. The lowest BCUT2D eigenvalue weighted by Crippen LogP contribution is -2.43. The number of pyridine rings is 1. The van der Waals surface area contributed by atoms with Gasteiger partial charge >= 0.3 is 6.03 Å². The Bertz CT molecular complexity index is 949. The Balaban J connectivity index is 1.39. The second kappa shape index (κ2) is 6.84. The Morgan fingerprint density at radius 1 is 1.25 bits per heavy atom. The lowest BCUT2D eigenvalue weighted by atomic mass is 9.97. The second-order valence-electron chi connectivity index (χ2n) is 6.63. The maximum Gasteiger partial charge on any atom is 0.325 e. The monoisotopic (exact) mass is 382 g/mol. The summed E-state index contributed by atoms with van der Waals surface area (Å²) in [6.07, 6.45) is 1.54. The standard InChI is InChI=1S/C19H18N4O5/c1-19(15-4-2-3-7-20-15)17(25)23(18(26)22-19)10-16(24)21-9-12-5-6-13-14(8-12)28-11-27-13/h2-8H,9-11H2,1H3,(H,21,24)(H,22,26)/t19-/m0/s1. The van der Waals surface area contributed by atoms with Crippen molar-refractivity contribution in [2.24, 2.45) is 0 Å². The molecule has 1 aromatic carbocycles. The summed E-state index contributed by atoms with van der Waals surface area (Å²) < 4.78 is 10.5. The summed E-state index contributed by atoms with van der Waals surface area (Å²) in [6, 6.07) is 9.81. The van der Waals surface area contributed by atoms with Crippen molar-refractivity contribution in [2.45, 2.75) is 19.0 Å². The van der Waals surface area contributed by atoms with Gasteiger partial charge in [-0.05, 0) is 36.8 Å². The quantitative estimate of drug-likeness (QED) is 0.744. The highest BCUT2D eigenvalue weighted by atomic mass is 16.7. The predicted molar refractivity (Wildman–Crippen MR) is 96.2 cm³/mol. The molecule has 0 saturated carbocycles. The fourth-order valence-electron chi connectivity index (χ4n) is 3.12. The number of benzene rings is 1. The number of aromatic nitrogens is 1. The van der Waals surface area contributed by atoms with Crippen LogP contribution in [0.4, 0.5) is 4.79 Å². The number of carbonyl (C=O) groups excluding carboxylic acids is 3. The summed E-state index contributed by atoms with van der Waals surface area (Å²) in [4.78, 5) is 42.4. The van der Waals surface area contributed by atoms with Gasteiger partial charge in [0.2, 0.25) is 12.7 Å². The van der Waals surface area contributed by atoms with Crippen LogP contribution < -0.4 is 20.1 Å². The van der Waals surface area contributed by atoms with Crippen LogP contribution in [0.15, 0.2) is 42.6 Å². The van der Waals surface area contributed by atoms with Crippen molar-refractivity contribution in [2.75, 3.05) is 13.3 Å². The van der Waals surface area contributed by atoms with Crippen LogP contribution in [-0.4, -0.2) is 41.1 Å². The number of ether oxygens (including phenoxy) is 2. The molecule has 1 aromatic heterocycles. The largest absolute Gasteiger partial charge is 0.454 e. The third kappa shape index (κ3) is 3.11. The van der Waals surface area contributed by atoms with Gasteiger partial charge in [0.1, 0.15) is 6.54 Å². The zero-order valence-electron chi connectivity index (χ0n) is 15.1. The van der Waals surface area contributed by atoms with Gasteiger partial charge in [-0.15, -0.1) is 0 Å². The average Bonchev–Trinajstić information content (AvgIpc) is 3.25. The molecule has 28 heavy (non-hydrogen) atoms. The molecule has 3 heterocycles. The zero-order valence-corrected chi connectivity index (χ0v) is 15.1. The molecule has 0 bridgehead atoms. The van der Waals surface area contributed by atoms with Crippen molar-refractivity contribution in [3.8, 4) is 11.5 Å². The second-order valence-corrected chi connectivity index (χ2v) is 6.63. The first kappa shape index (κ1) is 17.8. The molecular formula is C19H18N4O5. The van der Waals surface area contributed by atoms with Gasteiger partial charge in [-0.1, -0.05) is 12.1 Å². The van der Waals surface area contributed by atoms with E-state index in [-0.39, 0.29) is 19.9 Å². The van der Waals surface area contributed by atoms with Gasteiger partial charge in [0, 0.05) is 12.7 Å². The minimum absolute atomic E-state index is 0.173. The van der Waals surface area contributed by atoms with Gasteiger partial charge in [0.05, 0.1) is 5.69 Å². The van der Waals surface area contributed by atoms with E-state index in [1.54, 1.807) is 49.5 Å². The first-order valence-electron chi connectivity index (χ1n) is 8.68. The first-order chi connectivity index (χ1) is 13.5. The molecule has 2 aliphatic rings. The molecule has 0 unspecified atom stereocenters. The molecule has 2 aliphatic heterocycles. The van der Waals surface area contributed by atoms with Gasteiger partial charge in [0.15, 0.2) is 17.0 Å². The van der Waals surface area contributed by atoms with E-state index in [4.69, 9.17) is 9.47 Å². The normalized spacial score (nSPS) is 20.2. The Morgan fingerprint density at radius 2 is 2.07 bits per heavy atom. The lowest BCUT2D eigenvalue weighted by molar-refractivity contribution is -0.135. The highest BCUT2D eigenvalue weighted by Crippen LogP contribution is 2.32. The zero-order chi connectivity index (χ0) is 19.7. The molecule has 2 N–H and O–H groups in total. The van der Waals surface area contributed by atoms with Crippen LogP contribution in [0.5, 0.6) is 11.5 Å². The number of nitrogens with one attached hydrogen (secondary N) is 2. The molecule has 4 rings (SSSR count). The van der Waals surface area contributed by atoms with Crippen LogP contribution in [0.2, 0.25) is 0 Å². The molecule has 144 valence electrons. The lowest BCUT2D eigenvalue weighted by Gasteiger charge is -2.20. The molecular weight excluding hydrogens is 364 g/mol. The average molecular weight is 382 g/mol. The highest BCUT2D eigenvalue weighted by molar-refractivity contribution is 6.08. The summed E-state index contributed by atoms with van der Waals surface area (Å²) in [7, 11) is 0. The molecule has 0 radical (unpaired) electrons. The maximum atomic E-state index is 12.8. The minimum Gasteiger partial charge on any atom is -0.454 e. The van der Waals surface area contributed by atoms with E-state index in [9.17, 15) is 14.4 Å². The van der Waals surface area contributed by atoms with Crippen molar-refractivity contribution in [3.63, 3.8) is 0 Å². The third-order valence-electron chi connectivity index (χ3n) is 4.68. The van der Waals surface area contributed by atoms with E-state index >= 15 is 0 Å². The van der Waals surface area contributed by atoms with Gasteiger partial charge in [-0.25, -0.2) is 4.79 Å². The van der Waals surface area contributed by atoms with E-state index in [2.05, 4.69) is 15.6 Å². The number of carbonyl (C=O) groups is 3. The van der Waals surface area contributed by atoms with Gasteiger partial charge < -0.3 is 20.1 Å². The Morgan fingerprint density at radius 3 is 2.86 bits per heavy atom. The van der Waals surface area contributed by atoms with E-state index < -0.39 is 23.4 Å². The number of urea groups is 1. The van der Waals surface area contributed by atoms with E-state index in [0.29, 0.717) is 17.2 Å². The molecule has 1 fully saturated rings. The predicted octanol–water partition coefficient (Wildman–Crippen LogP) is 0.894. The van der Waals surface area contributed by atoms with Crippen molar-refractivity contribution >= 4 is 17.8 Å². The molecule has 0 spiro atoms. The molecule has 1 atom stereocenters. The Hall–Kier alpha value is -3.62. The molecule has 4 amide bonds. The summed E-state index contributed by atoms with van der Waals surface area (Å²) in [6.45, 7) is 1.60. The smallest absolute Gasteiger partial charge is 0.325 e. The first-order valence-corrected chi connectivity index (χ1v) is 8.68. The summed E-state index contributed by atoms with van der Waals surface area (Å²) in [5, 5.41) is 5.32. The number of imide groups is 1. The fourth-order valence-corrected chi connectivity index (χ4v) is 3.12. The van der Waals surface area contributed by atoms with Crippen molar-refractivity contribution in [1.29, 1.82) is 0 Å². The number of fused-ring (bicyclic) bond motifs is 1. The van der Waals surface area contributed by atoms with E-state index in [1.165, 1.54) is 0 Å². The molecule has 0 aliphatic carbocycles. The SMILES string of the molecule is C[C@@]1(c2ccccn2)NC(=O)N(CC(=O)NCc2ccc3c(c2)OCO3)C1=O. The highest BCUT2D eigenvalue weighted by Gasteiger charge is 2.50. The number of nitrogens with zero attached hydrogens (tertiary/aromatic N) is 2. The van der Waals surface area contributed by atoms with Crippen LogP contribution >= 0.6 is 0 Å². The van der Waals surface area contributed by atoms with E-state index in [0.717, 1.165) is 10.5 Å². The molecule has 1 saturated heterocycles. The Kier molecular flexibility index (Phi) is 4.34. The fraction of sp³-hybridized carbons (Fsp3) is 0.263. The van der Waals surface area contributed by atoms with Crippen LogP contribution in [-0.2, 0) is 21.7 Å². The number of rotatable bonds is 5. The maximum absolute atomic E-state index is 12.8. The Labute approximate surface area is 160 Å². The molecule has 2 aromatic rings. The van der Waals surface area contributed by atoms with Crippen molar-refractivity contribution < 1.29 is 23.9 Å². The van der Waals surface area contributed by atoms with Crippen LogP contribution in [0, 0.1) is 0 Å². The summed E-state index contributed by atoms with van der Waals surface area (Å²) in [5.74, 6) is 0.302. The van der Waals surface area contributed by atoms with Crippen molar-refractivity contribution in [1.82, 2.24) is 20.5 Å². The van der Waals surface area contributed by atoms with Gasteiger partial charge in [0.25, 0.3) is 5.91 Å². The number of amides is 4. The summed E-state index contributed by atoms with van der Waals surface area (Å²) >= 11 is 0. The third-order valence-corrected chi connectivity index (χ3v) is 4.68. The van der Waals surface area contributed by atoms with Gasteiger partial charge in [-0.2, -0.15) is 0 Å². The number of hydrogen-bond acceptors (Lipinski definition) is 6. The van der Waals surface area contributed by atoms with Crippen LogP contribution in [0.1, 0.15) is 18.2 Å².